The van der Waals surface area contributed by atoms with E-state index in [1.807, 2.05) is 88.2 Å². The lowest BCUT2D eigenvalue weighted by Crippen LogP contribution is -2.24. The molecule has 42 heavy (non-hydrogen) atoms. The number of halogens is 1. The lowest BCUT2D eigenvalue weighted by molar-refractivity contribution is 0.419. The van der Waals surface area contributed by atoms with Gasteiger partial charge in [-0.15, -0.1) is 0 Å². The molecule has 5 nitrogen and oxygen atoms in total. The molecule has 0 aliphatic heterocycles. The van der Waals surface area contributed by atoms with Crippen LogP contribution in [0.4, 0.5) is 0 Å². The smallest absolute Gasteiger partial charge is 0.186 e. The fourth-order valence-electron chi connectivity index (χ4n) is 5.23. The van der Waals surface area contributed by atoms with Crippen LogP contribution in [-0.2, 0) is 0 Å². The first-order valence-electron chi connectivity index (χ1n) is 13.8. The van der Waals surface area contributed by atoms with Crippen LogP contribution in [-0.4, -0.2) is 24.5 Å². The summed E-state index contributed by atoms with van der Waals surface area (Å²) in [6.45, 7) is 0. The molecule has 0 atom stereocenters. The second-order valence-electron chi connectivity index (χ2n) is 9.96. The number of hydrogen-bond acceptors (Lipinski definition) is 3. The Morgan fingerprint density at radius 2 is 0.881 bits per heavy atom. The number of hydrogen-bond donors (Lipinski definition) is 0. The monoisotopic (exact) mass is 563 g/mol. The number of rotatable bonds is 7. The molecule has 7 aromatic rings. The fraction of sp³-hybridized carbons (Fsp3) is 0.0278. The van der Waals surface area contributed by atoms with Crippen molar-refractivity contribution in [1.29, 1.82) is 0 Å². The highest BCUT2D eigenvalue weighted by molar-refractivity contribution is 6.30. The van der Waals surface area contributed by atoms with Crippen molar-refractivity contribution in [2.24, 2.45) is 0 Å². The minimum atomic E-state index is -0.538. The maximum atomic E-state index is 6.58. The Kier molecular flexibility index (Phi) is 6.92. The molecule has 0 amide bonds. The van der Waals surface area contributed by atoms with Gasteiger partial charge in [-0.05, 0) is 35.4 Å². The van der Waals surface area contributed by atoms with E-state index in [1.165, 1.54) is 0 Å². The van der Waals surface area contributed by atoms with Crippen LogP contribution in [0.1, 0.15) is 11.9 Å². The lowest BCUT2D eigenvalue weighted by atomic mass is 10.1. The van der Waals surface area contributed by atoms with Crippen LogP contribution in [0.25, 0.3) is 45.0 Å². The summed E-state index contributed by atoms with van der Waals surface area (Å²) in [5, 5.41) is 11.1. The molecule has 6 heteroatoms. The van der Waals surface area contributed by atoms with Crippen molar-refractivity contribution < 1.29 is 0 Å². The molecule has 0 aliphatic rings. The standard InChI is InChI=1S/C36H26ClN5/c37-30-21-22-38-33(23-30)36(41-34(28-17-9-3-10-18-28)24-31(39-41)26-13-5-1-6-14-26)42-35(29-19-11-4-12-20-29)25-32(40-42)27-15-7-2-8-16-27/h1-25,36H. The van der Waals surface area contributed by atoms with Gasteiger partial charge in [0.2, 0.25) is 0 Å². The molecule has 0 N–H and O–H groups in total. The number of benzene rings is 4. The minimum Gasteiger partial charge on any atom is -0.257 e. The van der Waals surface area contributed by atoms with E-state index in [-0.39, 0.29) is 0 Å². The quantitative estimate of drug-likeness (QED) is 0.194. The van der Waals surface area contributed by atoms with Crippen molar-refractivity contribution in [2.45, 2.75) is 6.17 Å². The summed E-state index contributed by atoms with van der Waals surface area (Å²) < 4.78 is 4.04. The molecule has 0 fully saturated rings. The summed E-state index contributed by atoms with van der Waals surface area (Å²) in [7, 11) is 0. The predicted octanol–water partition coefficient (Wildman–Crippen LogP) is 8.89. The van der Waals surface area contributed by atoms with E-state index in [4.69, 9.17) is 26.8 Å². The molecule has 0 saturated heterocycles. The van der Waals surface area contributed by atoms with Crippen molar-refractivity contribution in [3.63, 3.8) is 0 Å². The second kappa shape index (κ2) is 11.3. The molecule has 4 aromatic carbocycles. The van der Waals surface area contributed by atoms with Gasteiger partial charge in [-0.2, -0.15) is 10.2 Å². The van der Waals surface area contributed by atoms with Gasteiger partial charge in [0.1, 0.15) is 0 Å². The van der Waals surface area contributed by atoms with E-state index >= 15 is 0 Å². The average Bonchev–Trinajstić information content (AvgIpc) is 3.69. The molecular formula is C36H26ClN5. The van der Waals surface area contributed by atoms with E-state index in [2.05, 4.69) is 60.7 Å². The maximum Gasteiger partial charge on any atom is 0.186 e. The second-order valence-corrected chi connectivity index (χ2v) is 10.4. The van der Waals surface area contributed by atoms with E-state index < -0.39 is 6.17 Å². The molecule has 7 rings (SSSR count). The molecule has 0 spiro atoms. The summed E-state index contributed by atoms with van der Waals surface area (Å²) in [5.74, 6) is 0. The fourth-order valence-corrected chi connectivity index (χ4v) is 5.40. The molecule has 0 bridgehead atoms. The normalized spacial score (nSPS) is 11.2. The number of pyridine rings is 1. The third kappa shape index (κ3) is 5.02. The van der Waals surface area contributed by atoms with Crippen LogP contribution < -0.4 is 0 Å². The van der Waals surface area contributed by atoms with Crippen LogP contribution >= 0.6 is 11.6 Å². The van der Waals surface area contributed by atoms with Crippen LogP contribution in [0.3, 0.4) is 0 Å². The van der Waals surface area contributed by atoms with Crippen molar-refractivity contribution in [2.75, 3.05) is 0 Å². The number of aromatic nitrogens is 5. The summed E-state index contributed by atoms with van der Waals surface area (Å²) >= 11 is 6.58. The highest BCUT2D eigenvalue weighted by atomic mass is 35.5. The first-order valence-corrected chi connectivity index (χ1v) is 14.1. The SMILES string of the molecule is Clc1ccnc(C(n2nc(-c3ccccc3)cc2-c2ccccc2)n2nc(-c3ccccc3)cc2-c2ccccc2)c1. The Morgan fingerprint density at radius 1 is 0.476 bits per heavy atom. The Hall–Kier alpha value is -5.26. The summed E-state index contributed by atoms with van der Waals surface area (Å²) in [6.07, 6.45) is 1.20. The highest BCUT2D eigenvalue weighted by Gasteiger charge is 2.28. The van der Waals surface area contributed by atoms with Crippen molar-refractivity contribution in [1.82, 2.24) is 24.5 Å². The Bertz CT molecular complexity index is 1810. The van der Waals surface area contributed by atoms with Gasteiger partial charge < -0.3 is 0 Å². The molecule has 3 aromatic heterocycles. The molecule has 0 unspecified atom stereocenters. The van der Waals surface area contributed by atoms with Gasteiger partial charge in [0.15, 0.2) is 6.17 Å². The molecule has 202 valence electrons. The average molecular weight is 564 g/mol. The zero-order valence-electron chi connectivity index (χ0n) is 22.6. The Morgan fingerprint density at radius 3 is 1.29 bits per heavy atom. The van der Waals surface area contributed by atoms with E-state index in [0.29, 0.717) is 5.02 Å². The molecule has 0 aliphatic carbocycles. The third-order valence-corrected chi connectivity index (χ3v) is 7.46. The molecule has 3 heterocycles. The van der Waals surface area contributed by atoms with Crippen LogP contribution in [0.2, 0.25) is 5.02 Å². The van der Waals surface area contributed by atoms with Gasteiger partial charge >= 0.3 is 0 Å². The van der Waals surface area contributed by atoms with E-state index in [0.717, 1.165) is 50.7 Å². The zero-order valence-corrected chi connectivity index (χ0v) is 23.4. The first-order chi connectivity index (χ1) is 20.7. The van der Waals surface area contributed by atoms with Gasteiger partial charge in [-0.3, -0.25) is 4.98 Å². The molecule has 0 saturated carbocycles. The minimum absolute atomic E-state index is 0.538. The highest BCUT2D eigenvalue weighted by Crippen LogP contribution is 2.36. The van der Waals surface area contributed by atoms with Crippen molar-refractivity contribution in [3.05, 3.63) is 163 Å². The van der Waals surface area contributed by atoms with Crippen molar-refractivity contribution in [3.8, 4) is 45.0 Å². The largest absolute Gasteiger partial charge is 0.257 e. The van der Waals surface area contributed by atoms with Crippen LogP contribution in [0.5, 0.6) is 0 Å². The Balaban J connectivity index is 1.53. The zero-order chi connectivity index (χ0) is 28.3. The van der Waals surface area contributed by atoms with Gasteiger partial charge in [-0.1, -0.05) is 133 Å². The van der Waals surface area contributed by atoms with Crippen LogP contribution in [0.15, 0.2) is 152 Å². The molecule has 0 radical (unpaired) electrons. The third-order valence-electron chi connectivity index (χ3n) is 7.22. The summed E-state index contributed by atoms with van der Waals surface area (Å²) in [4.78, 5) is 4.82. The topological polar surface area (TPSA) is 48.5 Å². The summed E-state index contributed by atoms with van der Waals surface area (Å²) in [5.41, 5.74) is 8.46. The van der Waals surface area contributed by atoms with Gasteiger partial charge in [0.25, 0.3) is 0 Å². The Labute approximate surface area is 249 Å². The number of nitrogens with zero attached hydrogens (tertiary/aromatic N) is 5. The van der Waals surface area contributed by atoms with Gasteiger partial charge in [-0.25, -0.2) is 9.36 Å². The van der Waals surface area contributed by atoms with E-state index in [1.54, 1.807) is 12.3 Å². The predicted molar refractivity (Wildman–Crippen MR) is 169 cm³/mol. The van der Waals surface area contributed by atoms with Gasteiger partial charge in [0, 0.05) is 22.3 Å². The molecular weight excluding hydrogens is 538 g/mol. The van der Waals surface area contributed by atoms with Crippen molar-refractivity contribution >= 4 is 11.6 Å². The van der Waals surface area contributed by atoms with Gasteiger partial charge in [0.05, 0.1) is 28.5 Å². The maximum absolute atomic E-state index is 6.58. The van der Waals surface area contributed by atoms with E-state index in [9.17, 15) is 0 Å². The van der Waals surface area contributed by atoms with Crippen LogP contribution in [0, 0.1) is 0 Å². The first kappa shape index (κ1) is 25.7. The summed E-state index contributed by atoms with van der Waals surface area (Å²) in [6, 6.07) is 49.0. The lowest BCUT2D eigenvalue weighted by Gasteiger charge is -2.23.